The Morgan fingerprint density at radius 3 is 3.00 bits per heavy atom. The van der Waals surface area contributed by atoms with Gasteiger partial charge in [-0.05, 0) is 17.9 Å². The summed E-state index contributed by atoms with van der Waals surface area (Å²) >= 11 is 1.76. The first-order valence-electron chi connectivity index (χ1n) is 4.98. The molecule has 0 aliphatic rings. The van der Waals surface area contributed by atoms with E-state index in [-0.39, 0.29) is 17.4 Å². The van der Waals surface area contributed by atoms with Crippen molar-refractivity contribution in [2.45, 2.75) is 6.92 Å². The van der Waals surface area contributed by atoms with Crippen LogP contribution in [0.2, 0.25) is 0 Å². The predicted molar refractivity (Wildman–Crippen MR) is 66.3 cm³/mol. The molecular formula is C10H16N4OS. The minimum Gasteiger partial charge on any atom is -0.382 e. The third-order valence-corrected chi connectivity index (χ3v) is 2.85. The van der Waals surface area contributed by atoms with Gasteiger partial charge in [0.25, 0.3) is 5.91 Å². The zero-order valence-electron chi connectivity index (χ0n) is 9.43. The van der Waals surface area contributed by atoms with Gasteiger partial charge in [-0.2, -0.15) is 11.8 Å². The van der Waals surface area contributed by atoms with Gasteiger partial charge in [-0.1, -0.05) is 6.92 Å². The molecule has 0 aromatic carbocycles. The molecule has 1 atom stereocenters. The van der Waals surface area contributed by atoms with Crippen molar-refractivity contribution in [1.29, 1.82) is 0 Å². The summed E-state index contributed by atoms with van der Waals surface area (Å²) in [6.45, 7) is 2.72. The summed E-state index contributed by atoms with van der Waals surface area (Å²) in [5.41, 5.74) is 5.70. The van der Waals surface area contributed by atoms with Crippen molar-refractivity contribution in [3.8, 4) is 0 Å². The van der Waals surface area contributed by atoms with E-state index in [1.165, 1.54) is 12.4 Å². The molecule has 6 heteroatoms. The van der Waals surface area contributed by atoms with Crippen LogP contribution in [0.25, 0.3) is 0 Å². The fourth-order valence-electron chi connectivity index (χ4n) is 1.19. The van der Waals surface area contributed by atoms with E-state index >= 15 is 0 Å². The maximum atomic E-state index is 11.6. The van der Waals surface area contributed by atoms with Crippen molar-refractivity contribution >= 4 is 23.5 Å². The number of anilines is 1. The van der Waals surface area contributed by atoms with E-state index in [0.717, 1.165) is 5.75 Å². The molecule has 1 heterocycles. The van der Waals surface area contributed by atoms with Gasteiger partial charge in [-0.25, -0.2) is 4.98 Å². The highest BCUT2D eigenvalue weighted by molar-refractivity contribution is 7.98. The molecule has 0 aliphatic carbocycles. The first-order chi connectivity index (χ1) is 7.63. The Bertz CT molecular complexity index is 358. The number of nitrogen functional groups attached to an aromatic ring is 1. The number of carbonyl (C=O) groups is 1. The third-order valence-electron chi connectivity index (χ3n) is 1.95. The molecule has 1 rings (SSSR count). The highest BCUT2D eigenvalue weighted by Crippen LogP contribution is 2.03. The van der Waals surface area contributed by atoms with Crippen LogP contribution in [0, 0.1) is 5.92 Å². The summed E-state index contributed by atoms with van der Waals surface area (Å²) in [5.74, 6) is 1.48. The van der Waals surface area contributed by atoms with Gasteiger partial charge in [0.05, 0.1) is 12.4 Å². The number of rotatable bonds is 5. The van der Waals surface area contributed by atoms with Gasteiger partial charge < -0.3 is 11.1 Å². The maximum Gasteiger partial charge on any atom is 0.271 e. The first kappa shape index (κ1) is 12.8. The Balaban J connectivity index is 2.47. The van der Waals surface area contributed by atoms with Gasteiger partial charge in [0.1, 0.15) is 11.5 Å². The Morgan fingerprint density at radius 1 is 1.62 bits per heavy atom. The van der Waals surface area contributed by atoms with Gasteiger partial charge >= 0.3 is 0 Å². The predicted octanol–water partition coefficient (Wildman–Crippen LogP) is 0.788. The molecule has 1 aromatic rings. The van der Waals surface area contributed by atoms with Crippen LogP contribution in [-0.2, 0) is 0 Å². The molecule has 0 spiro atoms. The summed E-state index contributed by atoms with van der Waals surface area (Å²) in [6.07, 6.45) is 4.86. The quantitative estimate of drug-likeness (QED) is 0.795. The second-order valence-electron chi connectivity index (χ2n) is 3.60. The van der Waals surface area contributed by atoms with Crippen molar-refractivity contribution in [3.63, 3.8) is 0 Å². The molecule has 0 aliphatic heterocycles. The lowest BCUT2D eigenvalue weighted by Gasteiger charge is -2.10. The summed E-state index contributed by atoms with van der Waals surface area (Å²) in [7, 11) is 0. The number of thioether (sulfide) groups is 1. The fraction of sp³-hybridized carbons (Fsp3) is 0.500. The topological polar surface area (TPSA) is 80.9 Å². The molecule has 88 valence electrons. The Morgan fingerprint density at radius 2 is 2.38 bits per heavy atom. The third kappa shape index (κ3) is 4.06. The number of nitrogens with one attached hydrogen (secondary N) is 1. The summed E-state index contributed by atoms with van der Waals surface area (Å²) in [6, 6.07) is 0. The lowest BCUT2D eigenvalue weighted by Crippen LogP contribution is -2.30. The van der Waals surface area contributed by atoms with Gasteiger partial charge in [0.15, 0.2) is 0 Å². The van der Waals surface area contributed by atoms with E-state index in [9.17, 15) is 4.79 Å². The van der Waals surface area contributed by atoms with Crippen LogP contribution >= 0.6 is 11.8 Å². The second kappa shape index (κ2) is 6.32. The van der Waals surface area contributed by atoms with Crippen LogP contribution in [0.15, 0.2) is 12.4 Å². The smallest absolute Gasteiger partial charge is 0.271 e. The zero-order valence-corrected chi connectivity index (χ0v) is 10.3. The summed E-state index contributed by atoms with van der Waals surface area (Å²) in [5, 5.41) is 2.80. The first-order valence-corrected chi connectivity index (χ1v) is 6.37. The van der Waals surface area contributed by atoms with Crippen molar-refractivity contribution in [3.05, 3.63) is 18.1 Å². The number of nitrogens with zero attached hydrogens (tertiary/aromatic N) is 2. The van der Waals surface area contributed by atoms with Crippen LogP contribution in [0.1, 0.15) is 17.4 Å². The molecule has 1 aromatic heterocycles. The lowest BCUT2D eigenvalue weighted by atomic mass is 10.2. The summed E-state index contributed by atoms with van der Waals surface area (Å²) < 4.78 is 0. The number of aromatic nitrogens is 2. The molecule has 1 unspecified atom stereocenters. The molecule has 0 bridgehead atoms. The van der Waals surface area contributed by atoms with Crippen LogP contribution in [0.4, 0.5) is 5.82 Å². The Kier molecular flexibility index (Phi) is 5.04. The van der Waals surface area contributed by atoms with Crippen LogP contribution in [0.3, 0.4) is 0 Å². The Hall–Kier alpha value is -1.30. The molecule has 16 heavy (non-hydrogen) atoms. The van der Waals surface area contributed by atoms with Gasteiger partial charge in [0.2, 0.25) is 0 Å². The highest BCUT2D eigenvalue weighted by Gasteiger charge is 2.09. The molecule has 5 nitrogen and oxygen atoms in total. The van der Waals surface area contributed by atoms with E-state index in [1.807, 2.05) is 6.26 Å². The average molecular weight is 240 g/mol. The normalized spacial score (nSPS) is 12.1. The van der Waals surface area contributed by atoms with E-state index in [4.69, 9.17) is 5.73 Å². The second-order valence-corrected chi connectivity index (χ2v) is 4.51. The molecule has 3 N–H and O–H groups in total. The largest absolute Gasteiger partial charge is 0.382 e. The minimum atomic E-state index is -0.229. The molecule has 0 fully saturated rings. The molecule has 0 saturated heterocycles. The average Bonchev–Trinajstić information content (AvgIpc) is 2.26. The minimum absolute atomic E-state index is 0.229. The van der Waals surface area contributed by atoms with E-state index in [0.29, 0.717) is 12.5 Å². The number of amides is 1. The SMILES string of the molecule is CSCC(C)CNC(=O)c1cncc(N)n1. The van der Waals surface area contributed by atoms with E-state index in [1.54, 1.807) is 11.8 Å². The van der Waals surface area contributed by atoms with E-state index < -0.39 is 0 Å². The van der Waals surface area contributed by atoms with Crippen LogP contribution in [-0.4, -0.2) is 34.4 Å². The number of hydrogen-bond donors (Lipinski definition) is 2. The highest BCUT2D eigenvalue weighted by atomic mass is 32.2. The number of nitrogens with two attached hydrogens (primary N) is 1. The molecule has 1 amide bonds. The fourth-order valence-corrected chi connectivity index (χ4v) is 1.88. The maximum absolute atomic E-state index is 11.6. The molecule has 0 saturated carbocycles. The number of carbonyl (C=O) groups excluding carboxylic acids is 1. The van der Waals surface area contributed by atoms with Crippen molar-refractivity contribution in [1.82, 2.24) is 15.3 Å². The van der Waals surface area contributed by atoms with Crippen molar-refractivity contribution in [2.75, 3.05) is 24.3 Å². The van der Waals surface area contributed by atoms with Crippen molar-refractivity contribution in [2.24, 2.45) is 5.92 Å². The van der Waals surface area contributed by atoms with Crippen LogP contribution < -0.4 is 11.1 Å². The monoisotopic (exact) mass is 240 g/mol. The molecule has 0 radical (unpaired) electrons. The van der Waals surface area contributed by atoms with Gasteiger partial charge in [-0.3, -0.25) is 9.78 Å². The van der Waals surface area contributed by atoms with Gasteiger partial charge in [0, 0.05) is 6.54 Å². The van der Waals surface area contributed by atoms with Gasteiger partial charge in [-0.15, -0.1) is 0 Å². The Labute approximate surface area is 99.2 Å². The van der Waals surface area contributed by atoms with Crippen LogP contribution in [0.5, 0.6) is 0 Å². The summed E-state index contributed by atoms with van der Waals surface area (Å²) in [4.78, 5) is 19.3. The lowest BCUT2D eigenvalue weighted by molar-refractivity contribution is 0.0944. The zero-order chi connectivity index (χ0) is 12.0. The van der Waals surface area contributed by atoms with Crippen molar-refractivity contribution < 1.29 is 4.79 Å². The number of hydrogen-bond acceptors (Lipinski definition) is 5. The van der Waals surface area contributed by atoms with E-state index in [2.05, 4.69) is 22.2 Å². The standard InChI is InChI=1S/C10H16N4OS/c1-7(6-16-2)3-13-10(15)8-4-12-5-9(11)14-8/h4-5,7H,3,6H2,1-2H3,(H2,11,14)(H,13,15). The molecular weight excluding hydrogens is 224 g/mol.